The van der Waals surface area contributed by atoms with Gasteiger partial charge in [0.1, 0.15) is 6.29 Å². The highest BCUT2D eigenvalue weighted by Gasteiger charge is 2.06. The molecule has 0 amide bonds. The molecule has 1 nitrogen and oxygen atoms in total. The molecule has 0 bridgehead atoms. The number of hydrogen-bond acceptors (Lipinski definition) is 1. The van der Waals surface area contributed by atoms with Crippen LogP contribution >= 0.6 is 0 Å². The van der Waals surface area contributed by atoms with E-state index in [2.05, 4.69) is 6.58 Å². The molecule has 0 heterocycles. The fraction of sp³-hybridized carbons (Fsp3) is 0.250. The zero-order valence-electron chi connectivity index (χ0n) is 7.86. The van der Waals surface area contributed by atoms with Crippen LogP contribution in [0.15, 0.2) is 36.9 Å². The van der Waals surface area contributed by atoms with Gasteiger partial charge in [0.05, 0.1) is 0 Å². The van der Waals surface area contributed by atoms with E-state index in [1.165, 1.54) is 5.56 Å². The first-order valence-electron chi connectivity index (χ1n) is 4.43. The molecule has 0 saturated carbocycles. The van der Waals surface area contributed by atoms with Gasteiger partial charge in [-0.2, -0.15) is 0 Å². The average molecular weight is 174 g/mol. The van der Waals surface area contributed by atoms with Crippen molar-refractivity contribution in [1.29, 1.82) is 0 Å². The van der Waals surface area contributed by atoms with Crippen LogP contribution in [0.2, 0.25) is 0 Å². The Kier molecular flexibility index (Phi) is 3.44. The number of hydrogen-bond donors (Lipinski definition) is 0. The highest BCUT2D eigenvalue weighted by molar-refractivity contribution is 5.62. The van der Waals surface area contributed by atoms with E-state index in [1.807, 2.05) is 37.3 Å². The Morgan fingerprint density at radius 3 is 2.77 bits per heavy atom. The summed E-state index contributed by atoms with van der Waals surface area (Å²) in [6.07, 6.45) is 3.66. The minimum absolute atomic E-state index is 0.0175. The molecule has 1 rings (SSSR count). The van der Waals surface area contributed by atoms with Crippen molar-refractivity contribution in [2.24, 2.45) is 0 Å². The molecule has 0 N–H and O–H groups in total. The van der Waals surface area contributed by atoms with E-state index in [0.29, 0.717) is 0 Å². The Balaban J connectivity index is 3.02. The van der Waals surface area contributed by atoms with Crippen molar-refractivity contribution in [3.8, 4) is 0 Å². The topological polar surface area (TPSA) is 17.1 Å². The average Bonchev–Trinajstić information content (AvgIpc) is 2.18. The van der Waals surface area contributed by atoms with Crippen molar-refractivity contribution in [2.75, 3.05) is 0 Å². The Bertz CT molecular complexity index is 302. The first-order chi connectivity index (χ1) is 6.29. The van der Waals surface area contributed by atoms with Crippen LogP contribution in [0.5, 0.6) is 0 Å². The summed E-state index contributed by atoms with van der Waals surface area (Å²) in [6, 6.07) is 7.98. The maximum Gasteiger partial charge on any atom is 0.127 e. The molecule has 0 aromatic heterocycles. The van der Waals surface area contributed by atoms with E-state index in [-0.39, 0.29) is 5.92 Å². The van der Waals surface area contributed by atoms with Crippen LogP contribution in [-0.4, -0.2) is 6.29 Å². The largest absolute Gasteiger partial charge is 0.303 e. The molecule has 68 valence electrons. The molecular weight excluding hydrogens is 160 g/mol. The van der Waals surface area contributed by atoms with Crippen LogP contribution in [0.4, 0.5) is 0 Å². The van der Waals surface area contributed by atoms with Crippen molar-refractivity contribution in [1.82, 2.24) is 0 Å². The molecule has 0 radical (unpaired) electrons. The molecule has 1 aromatic rings. The van der Waals surface area contributed by atoms with Gasteiger partial charge in [-0.3, -0.25) is 0 Å². The third-order valence-corrected chi connectivity index (χ3v) is 2.11. The Hall–Kier alpha value is -1.37. The number of carbonyl (C=O) groups is 1. The number of allylic oxidation sites excluding steroid dienone is 1. The molecule has 0 saturated heterocycles. The standard InChI is InChI=1S/C12H14O/c1-3-6-11-7-4-5-8-12(11)10(2)9-13/h3-5,7-10H,1,6H2,2H3. The van der Waals surface area contributed by atoms with E-state index < -0.39 is 0 Å². The van der Waals surface area contributed by atoms with Crippen molar-refractivity contribution >= 4 is 6.29 Å². The van der Waals surface area contributed by atoms with Gasteiger partial charge < -0.3 is 4.79 Å². The predicted octanol–water partition coefficient (Wildman–Crippen LogP) is 2.72. The number of carbonyl (C=O) groups excluding carboxylic acids is 1. The lowest BCUT2D eigenvalue weighted by Crippen LogP contribution is -1.99. The fourth-order valence-electron chi connectivity index (χ4n) is 1.39. The summed E-state index contributed by atoms with van der Waals surface area (Å²) < 4.78 is 0. The van der Waals surface area contributed by atoms with Gasteiger partial charge in [-0.15, -0.1) is 6.58 Å². The molecule has 1 heteroatoms. The van der Waals surface area contributed by atoms with Crippen LogP contribution in [-0.2, 0) is 11.2 Å². The van der Waals surface area contributed by atoms with Gasteiger partial charge in [0.2, 0.25) is 0 Å². The molecule has 0 aliphatic rings. The van der Waals surface area contributed by atoms with Gasteiger partial charge >= 0.3 is 0 Å². The minimum atomic E-state index is -0.0175. The number of aldehydes is 1. The second-order valence-corrected chi connectivity index (χ2v) is 3.12. The monoisotopic (exact) mass is 174 g/mol. The van der Waals surface area contributed by atoms with Gasteiger partial charge in [-0.25, -0.2) is 0 Å². The summed E-state index contributed by atoms with van der Waals surface area (Å²) in [5, 5.41) is 0. The molecule has 0 aliphatic carbocycles. The molecule has 1 unspecified atom stereocenters. The fourth-order valence-corrected chi connectivity index (χ4v) is 1.39. The highest BCUT2D eigenvalue weighted by Crippen LogP contribution is 2.18. The van der Waals surface area contributed by atoms with Crippen LogP contribution in [0.3, 0.4) is 0 Å². The summed E-state index contributed by atoms with van der Waals surface area (Å²) in [4.78, 5) is 10.6. The zero-order valence-corrected chi connectivity index (χ0v) is 7.86. The molecule has 1 aromatic carbocycles. The lowest BCUT2D eigenvalue weighted by atomic mass is 9.95. The van der Waals surface area contributed by atoms with E-state index in [9.17, 15) is 4.79 Å². The van der Waals surface area contributed by atoms with Crippen molar-refractivity contribution in [3.05, 3.63) is 48.0 Å². The molecule has 0 aliphatic heterocycles. The quantitative estimate of drug-likeness (QED) is 0.506. The van der Waals surface area contributed by atoms with Gasteiger partial charge in [0, 0.05) is 5.92 Å². The molecule has 1 atom stereocenters. The lowest BCUT2D eigenvalue weighted by Gasteiger charge is -2.09. The van der Waals surface area contributed by atoms with Crippen LogP contribution in [0, 0.1) is 0 Å². The summed E-state index contributed by atoms with van der Waals surface area (Å²) in [5.41, 5.74) is 2.30. The summed E-state index contributed by atoms with van der Waals surface area (Å²) in [6.45, 7) is 5.61. The second kappa shape index (κ2) is 4.61. The third-order valence-electron chi connectivity index (χ3n) is 2.11. The molecule has 13 heavy (non-hydrogen) atoms. The molecular formula is C12H14O. The summed E-state index contributed by atoms with van der Waals surface area (Å²) >= 11 is 0. The highest BCUT2D eigenvalue weighted by atomic mass is 16.1. The second-order valence-electron chi connectivity index (χ2n) is 3.12. The van der Waals surface area contributed by atoms with E-state index in [4.69, 9.17) is 0 Å². The van der Waals surface area contributed by atoms with Gasteiger partial charge in [-0.1, -0.05) is 37.3 Å². The predicted molar refractivity (Wildman–Crippen MR) is 54.8 cm³/mol. The van der Waals surface area contributed by atoms with Gasteiger partial charge in [0.15, 0.2) is 0 Å². The van der Waals surface area contributed by atoms with E-state index in [0.717, 1.165) is 18.3 Å². The number of rotatable bonds is 4. The van der Waals surface area contributed by atoms with Crippen molar-refractivity contribution < 1.29 is 4.79 Å². The Labute approximate surface area is 79.1 Å². The maximum atomic E-state index is 10.6. The normalized spacial score (nSPS) is 12.1. The van der Waals surface area contributed by atoms with Crippen molar-refractivity contribution in [2.45, 2.75) is 19.3 Å². The van der Waals surface area contributed by atoms with E-state index in [1.54, 1.807) is 0 Å². The van der Waals surface area contributed by atoms with Crippen LogP contribution in [0.1, 0.15) is 24.0 Å². The Morgan fingerprint density at radius 2 is 2.15 bits per heavy atom. The van der Waals surface area contributed by atoms with Crippen molar-refractivity contribution in [3.63, 3.8) is 0 Å². The smallest absolute Gasteiger partial charge is 0.127 e. The molecule has 0 fully saturated rings. The van der Waals surface area contributed by atoms with E-state index >= 15 is 0 Å². The maximum absolute atomic E-state index is 10.6. The Morgan fingerprint density at radius 1 is 1.46 bits per heavy atom. The summed E-state index contributed by atoms with van der Waals surface area (Å²) in [5.74, 6) is -0.0175. The number of benzene rings is 1. The van der Waals surface area contributed by atoms with Crippen LogP contribution < -0.4 is 0 Å². The van der Waals surface area contributed by atoms with Gasteiger partial charge in [-0.05, 0) is 17.5 Å². The third kappa shape index (κ3) is 2.28. The first kappa shape index (κ1) is 9.72. The minimum Gasteiger partial charge on any atom is -0.303 e. The lowest BCUT2D eigenvalue weighted by molar-refractivity contribution is -0.108. The van der Waals surface area contributed by atoms with Gasteiger partial charge in [0.25, 0.3) is 0 Å². The molecule has 0 spiro atoms. The SMILES string of the molecule is C=CCc1ccccc1C(C)C=O. The summed E-state index contributed by atoms with van der Waals surface area (Å²) in [7, 11) is 0. The zero-order chi connectivity index (χ0) is 9.68. The van der Waals surface area contributed by atoms with Crippen LogP contribution in [0.25, 0.3) is 0 Å². The first-order valence-corrected chi connectivity index (χ1v) is 4.43.